The molecule has 7 nitrogen and oxygen atoms in total. The van der Waals surface area contributed by atoms with Gasteiger partial charge in [0.25, 0.3) is 5.91 Å². The standard InChI is InChI=1S/C19H25N3O4/c1-24-12-14-5-4-8-22(11-14)19(23)18-9-15(20-21-18)13-26-17-7-3-6-16(10-17)25-2/h3,6-7,9-10,14H,4-5,8,11-13H2,1-2H3,(H,20,21). The van der Waals surface area contributed by atoms with Crippen LogP contribution in [0.25, 0.3) is 0 Å². The van der Waals surface area contributed by atoms with Crippen molar-refractivity contribution in [2.24, 2.45) is 5.92 Å². The smallest absolute Gasteiger partial charge is 0.274 e. The summed E-state index contributed by atoms with van der Waals surface area (Å²) in [7, 11) is 3.31. The topological polar surface area (TPSA) is 76.7 Å². The second kappa shape index (κ2) is 8.71. The molecule has 1 fully saturated rings. The molecule has 1 atom stereocenters. The van der Waals surface area contributed by atoms with Crippen LogP contribution in [0.15, 0.2) is 30.3 Å². The number of likely N-dealkylation sites (tertiary alicyclic amines) is 1. The monoisotopic (exact) mass is 359 g/mol. The van der Waals surface area contributed by atoms with Crippen LogP contribution >= 0.6 is 0 Å². The van der Waals surface area contributed by atoms with Gasteiger partial charge in [0.2, 0.25) is 0 Å². The van der Waals surface area contributed by atoms with Crippen molar-refractivity contribution in [1.82, 2.24) is 15.1 Å². The molecule has 26 heavy (non-hydrogen) atoms. The van der Waals surface area contributed by atoms with Crippen LogP contribution in [0.1, 0.15) is 29.0 Å². The van der Waals surface area contributed by atoms with E-state index < -0.39 is 0 Å². The molecule has 3 rings (SSSR count). The Balaban J connectivity index is 1.57. The van der Waals surface area contributed by atoms with Crippen LogP contribution in [-0.2, 0) is 11.3 Å². The van der Waals surface area contributed by atoms with E-state index in [1.807, 2.05) is 29.2 Å². The Labute approximate surface area is 153 Å². The lowest BCUT2D eigenvalue weighted by Gasteiger charge is -2.31. The molecule has 140 valence electrons. The number of H-pyrrole nitrogens is 1. The lowest BCUT2D eigenvalue weighted by atomic mass is 9.99. The summed E-state index contributed by atoms with van der Waals surface area (Å²) >= 11 is 0. The number of carbonyl (C=O) groups is 1. The third kappa shape index (κ3) is 4.54. The van der Waals surface area contributed by atoms with E-state index >= 15 is 0 Å². The fourth-order valence-corrected chi connectivity index (χ4v) is 3.18. The Bertz CT molecular complexity index is 729. The summed E-state index contributed by atoms with van der Waals surface area (Å²) in [5, 5.41) is 7.04. The van der Waals surface area contributed by atoms with Gasteiger partial charge < -0.3 is 19.1 Å². The summed E-state index contributed by atoms with van der Waals surface area (Å²) in [5.74, 6) is 1.78. The second-order valence-corrected chi connectivity index (χ2v) is 6.46. The van der Waals surface area contributed by atoms with E-state index in [4.69, 9.17) is 14.2 Å². The van der Waals surface area contributed by atoms with E-state index in [2.05, 4.69) is 10.2 Å². The Morgan fingerprint density at radius 1 is 1.31 bits per heavy atom. The van der Waals surface area contributed by atoms with Gasteiger partial charge in [0, 0.05) is 26.3 Å². The van der Waals surface area contributed by atoms with Gasteiger partial charge in [-0.1, -0.05) is 6.07 Å². The molecule has 1 unspecified atom stereocenters. The molecule has 1 amide bonds. The van der Waals surface area contributed by atoms with Crippen molar-refractivity contribution in [3.05, 3.63) is 41.7 Å². The highest BCUT2D eigenvalue weighted by Gasteiger charge is 2.25. The average molecular weight is 359 g/mol. The highest BCUT2D eigenvalue weighted by atomic mass is 16.5. The number of carbonyl (C=O) groups excluding carboxylic acids is 1. The molecule has 2 heterocycles. The predicted octanol–water partition coefficient (Wildman–Crippen LogP) is 2.50. The second-order valence-electron chi connectivity index (χ2n) is 6.46. The quantitative estimate of drug-likeness (QED) is 0.822. The Kier molecular flexibility index (Phi) is 6.12. The van der Waals surface area contributed by atoms with Gasteiger partial charge in [-0.15, -0.1) is 0 Å². The molecule has 0 radical (unpaired) electrons. The molecular formula is C19H25N3O4. The Hall–Kier alpha value is -2.54. The van der Waals surface area contributed by atoms with Crippen molar-refractivity contribution >= 4 is 5.91 Å². The van der Waals surface area contributed by atoms with Gasteiger partial charge in [-0.25, -0.2) is 0 Å². The van der Waals surface area contributed by atoms with Crippen molar-refractivity contribution < 1.29 is 19.0 Å². The summed E-state index contributed by atoms with van der Waals surface area (Å²) in [4.78, 5) is 14.5. The molecule has 2 aromatic rings. The van der Waals surface area contributed by atoms with E-state index in [-0.39, 0.29) is 5.91 Å². The third-order valence-corrected chi connectivity index (χ3v) is 4.49. The maximum absolute atomic E-state index is 12.7. The van der Waals surface area contributed by atoms with E-state index in [1.54, 1.807) is 20.3 Å². The Morgan fingerprint density at radius 3 is 2.96 bits per heavy atom. The molecular weight excluding hydrogens is 334 g/mol. The number of methoxy groups -OCH3 is 2. The first-order valence-corrected chi connectivity index (χ1v) is 8.79. The van der Waals surface area contributed by atoms with E-state index in [0.717, 1.165) is 37.4 Å². The van der Waals surface area contributed by atoms with Gasteiger partial charge in [0.05, 0.1) is 19.4 Å². The van der Waals surface area contributed by atoms with Gasteiger partial charge in [-0.3, -0.25) is 9.89 Å². The van der Waals surface area contributed by atoms with Crippen molar-refractivity contribution in [2.75, 3.05) is 33.9 Å². The molecule has 1 aliphatic rings. The number of amides is 1. The van der Waals surface area contributed by atoms with Gasteiger partial charge in [0.15, 0.2) is 5.69 Å². The van der Waals surface area contributed by atoms with Crippen molar-refractivity contribution in [1.29, 1.82) is 0 Å². The normalized spacial score (nSPS) is 17.2. The minimum atomic E-state index is -0.0466. The van der Waals surface area contributed by atoms with Crippen molar-refractivity contribution in [2.45, 2.75) is 19.4 Å². The zero-order chi connectivity index (χ0) is 18.4. The minimum Gasteiger partial charge on any atom is -0.497 e. The first-order valence-electron chi connectivity index (χ1n) is 8.79. The SMILES string of the molecule is COCC1CCCN(C(=O)c2cc(COc3cccc(OC)c3)[nH]n2)C1. The minimum absolute atomic E-state index is 0.0466. The summed E-state index contributed by atoms with van der Waals surface area (Å²) < 4.78 is 16.1. The largest absolute Gasteiger partial charge is 0.497 e. The lowest BCUT2D eigenvalue weighted by Crippen LogP contribution is -2.41. The molecule has 0 aliphatic carbocycles. The summed E-state index contributed by atoms with van der Waals surface area (Å²) in [6.07, 6.45) is 2.09. The predicted molar refractivity (Wildman–Crippen MR) is 96.4 cm³/mol. The van der Waals surface area contributed by atoms with Gasteiger partial charge in [-0.2, -0.15) is 5.10 Å². The maximum Gasteiger partial charge on any atom is 0.274 e. The summed E-state index contributed by atoms with van der Waals surface area (Å²) in [5.41, 5.74) is 1.17. The summed E-state index contributed by atoms with van der Waals surface area (Å²) in [6.45, 7) is 2.47. The highest BCUT2D eigenvalue weighted by molar-refractivity contribution is 5.92. The molecule has 0 saturated carbocycles. The number of aromatic nitrogens is 2. The maximum atomic E-state index is 12.7. The molecule has 0 spiro atoms. The van der Waals surface area contributed by atoms with Gasteiger partial charge in [-0.05, 0) is 37.0 Å². The number of hydrogen-bond acceptors (Lipinski definition) is 5. The van der Waals surface area contributed by atoms with Gasteiger partial charge in [0.1, 0.15) is 18.1 Å². The fourth-order valence-electron chi connectivity index (χ4n) is 3.18. The number of rotatable bonds is 7. The van der Waals surface area contributed by atoms with Crippen LogP contribution in [-0.4, -0.2) is 54.9 Å². The van der Waals surface area contributed by atoms with Crippen LogP contribution < -0.4 is 9.47 Å². The number of piperidine rings is 1. The van der Waals surface area contributed by atoms with Crippen LogP contribution in [0.3, 0.4) is 0 Å². The number of hydrogen-bond donors (Lipinski definition) is 1. The van der Waals surface area contributed by atoms with Crippen LogP contribution in [0.4, 0.5) is 0 Å². The first kappa shape index (κ1) is 18.3. The van der Waals surface area contributed by atoms with Crippen molar-refractivity contribution in [3.63, 3.8) is 0 Å². The number of aromatic amines is 1. The number of ether oxygens (including phenoxy) is 3. The molecule has 1 aromatic heterocycles. The third-order valence-electron chi connectivity index (χ3n) is 4.49. The summed E-state index contributed by atoms with van der Waals surface area (Å²) in [6, 6.07) is 9.14. The van der Waals surface area contributed by atoms with Crippen LogP contribution in [0, 0.1) is 5.92 Å². The number of nitrogens with one attached hydrogen (secondary N) is 1. The van der Waals surface area contributed by atoms with Crippen molar-refractivity contribution in [3.8, 4) is 11.5 Å². The van der Waals surface area contributed by atoms with E-state index in [9.17, 15) is 4.79 Å². The molecule has 7 heteroatoms. The molecule has 1 saturated heterocycles. The average Bonchev–Trinajstić information content (AvgIpc) is 3.15. The Morgan fingerprint density at radius 2 is 2.15 bits per heavy atom. The van der Waals surface area contributed by atoms with E-state index in [1.165, 1.54) is 0 Å². The lowest BCUT2D eigenvalue weighted by molar-refractivity contribution is 0.0565. The molecule has 1 aromatic carbocycles. The zero-order valence-electron chi connectivity index (χ0n) is 15.2. The number of benzene rings is 1. The molecule has 1 N–H and O–H groups in total. The molecule has 1 aliphatic heterocycles. The molecule has 0 bridgehead atoms. The zero-order valence-corrected chi connectivity index (χ0v) is 15.2. The number of nitrogens with zero attached hydrogens (tertiary/aromatic N) is 2. The fraction of sp³-hybridized carbons (Fsp3) is 0.474. The van der Waals surface area contributed by atoms with Crippen LogP contribution in [0.2, 0.25) is 0 Å². The first-order chi connectivity index (χ1) is 12.7. The van der Waals surface area contributed by atoms with Gasteiger partial charge >= 0.3 is 0 Å². The van der Waals surface area contributed by atoms with Crippen LogP contribution in [0.5, 0.6) is 11.5 Å². The van der Waals surface area contributed by atoms with E-state index in [0.29, 0.717) is 30.6 Å². The highest BCUT2D eigenvalue weighted by Crippen LogP contribution is 2.21.